The van der Waals surface area contributed by atoms with Crippen LogP contribution in [-0.2, 0) is 78.4 Å². The van der Waals surface area contributed by atoms with Crippen LogP contribution >= 0.6 is 0 Å². The number of fused-ring (bicyclic) bond motifs is 2. The SMILES string of the molecule is CCNC(=O)[C@@H]1CCCN1C(=O)[C@H](CCCN=C(N)N)NC(=O)[C@H](CC(C)C)N(C)C(=O)[C@@H](Cc1ccc2ccccc2c1)NC(=O)[C@H](Cc1ccc(O)cc1)NC(=O)[C@H](CO)NC(=O)[C@H](Cc1c[nH]c2ccccc12)NC(=O)[C@H](Cc1cnc[nH]1)NC(=O)[C@H](CCC(=O)O)NC(C)=O. The molecule has 9 atom stereocenters. The van der Waals surface area contributed by atoms with E-state index in [0.717, 1.165) is 17.7 Å². The molecule has 4 aromatic carbocycles. The van der Waals surface area contributed by atoms with E-state index in [9.17, 15) is 58.5 Å². The number of aliphatic hydroxyl groups is 1. The monoisotopic (exact) mass is 1370 g/mol. The van der Waals surface area contributed by atoms with E-state index in [4.69, 9.17) is 11.5 Å². The Hall–Kier alpha value is -10.9. The number of nitrogens with zero attached hydrogens (tertiary/aromatic N) is 4. The second-order valence-electron chi connectivity index (χ2n) is 25.0. The maximum atomic E-state index is 15.5. The van der Waals surface area contributed by atoms with Crippen molar-refractivity contribution in [2.24, 2.45) is 22.4 Å². The molecule has 0 radical (unpaired) electrons. The van der Waals surface area contributed by atoms with Crippen molar-refractivity contribution in [1.29, 1.82) is 0 Å². The summed E-state index contributed by atoms with van der Waals surface area (Å²) in [7, 11) is 1.40. The lowest BCUT2D eigenvalue weighted by atomic mass is 9.97. The number of amides is 10. The summed E-state index contributed by atoms with van der Waals surface area (Å²) in [5.74, 6) is -9.63. The fraction of sp³-hybridized carbons (Fsp3) is 0.435. The zero-order valence-corrected chi connectivity index (χ0v) is 56.0. The molecule has 6 aromatic rings. The minimum Gasteiger partial charge on any atom is -0.508 e. The van der Waals surface area contributed by atoms with Crippen LogP contribution in [0.2, 0.25) is 0 Å². The quantitative estimate of drug-likeness (QED) is 0.0143. The number of aromatic amines is 2. The van der Waals surface area contributed by atoms with Crippen LogP contribution in [0.3, 0.4) is 0 Å². The Labute approximate surface area is 572 Å². The van der Waals surface area contributed by atoms with Crippen molar-refractivity contribution in [3.8, 4) is 5.75 Å². The number of likely N-dealkylation sites (tertiary alicyclic amines) is 1. The fourth-order valence-electron chi connectivity index (χ4n) is 11.9. The molecular formula is C69H90N16O14. The maximum absolute atomic E-state index is 15.5. The van der Waals surface area contributed by atoms with Crippen molar-refractivity contribution in [3.63, 3.8) is 0 Å². The van der Waals surface area contributed by atoms with Crippen molar-refractivity contribution in [2.45, 2.75) is 153 Å². The summed E-state index contributed by atoms with van der Waals surface area (Å²) in [6.07, 6.45) is 3.84. The number of guanidine groups is 1. The number of carboxylic acids is 1. The highest BCUT2D eigenvalue weighted by atomic mass is 16.4. The number of carbonyl (C=O) groups is 11. The minimum absolute atomic E-state index is 0.0572. The molecule has 17 N–H and O–H groups in total. The summed E-state index contributed by atoms with van der Waals surface area (Å²) >= 11 is 0. The van der Waals surface area contributed by atoms with Crippen molar-refractivity contribution in [3.05, 3.63) is 132 Å². The predicted molar refractivity (Wildman–Crippen MR) is 366 cm³/mol. The molecule has 1 saturated heterocycles. The number of aromatic hydroxyl groups is 1. The molecule has 1 aliphatic heterocycles. The Kier molecular flexibility index (Phi) is 27.8. The first-order valence-corrected chi connectivity index (χ1v) is 32.9. The third-order valence-corrected chi connectivity index (χ3v) is 16.9. The van der Waals surface area contributed by atoms with Gasteiger partial charge in [-0.05, 0) is 97.0 Å². The number of imidazole rings is 1. The first kappa shape index (κ1) is 75.5. The number of nitrogens with two attached hydrogens (primary N) is 2. The number of H-pyrrole nitrogens is 2. The number of carbonyl (C=O) groups excluding carboxylic acids is 10. The van der Waals surface area contributed by atoms with E-state index in [1.807, 2.05) is 50.2 Å². The van der Waals surface area contributed by atoms with Crippen molar-refractivity contribution < 1.29 is 68.1 Å². The number of phenols is 1. The van der Waals surface area contributed by atoms with Crippen LogP contribution < -0.4 is 54.0 Å². The largest absolute Gasteiger partial charge is 0.508 e. The van der Waals surface area contributed by atoms with Gasteiger partial charge in [-0.3, -0.25) is 57.7 Å². The number of aliphatic hydroxyl groups excluding tert-OH is 1. The molecule has 0 aliphatic carbocycles. The molecule has 530 valence electrons. The van der Waals surface area contributed by atoms with Gasteiger partial charge in [0.2, 0.25) is 59.1 Å². The van der Waals surface area contributed by atoms with Gasteiger partial charge in [0.15, 0.2) is 5.96 Å². The molecule has 3 heterocycles. The van der Waals surface area contributed by atoms with E-state index in [0.29, 0.717) is 52.7 Å². The second-order valence-corrected chi connectivity index (χ2v) is 25.0. The summed E-state index contributed by atoms with van der Waals surface area (Å²) in [6.45, 7) is 6.22. The van der Waals surface area contributed by atoms with Gasteiger partial charge in [0.05, 0.1) is 12.9 Å². The molecule has 1 aliphatic rings. The number of aromatic nitrogens is 3. The Bertz CT molecular complexity index is 3840. The highest BCUT2D eigenvalue weighted by Crippen LogP contribution is 2.24. The fourth-order valence-corrected chi connectivity index (χ4v) is 11.9. The van der Waals surface area contributed by atoms with Gasteiger partial charge in [0, 0.05) is 94.7 Å². The number of hydrogen-bond donors (Lipinski definition) is 15. The summed E-state index contributed by atoms with van der Waals surface area (Å²) in [4.78, 5) is 172. The molecule has 99 heavy (non-hydrogen) atoms. The van der Waals surface area contributed by atoms with Crippen LogP contribution in [-0.4, -0.2) is 199 Å². The summed E-state index contributed by atoms with van der Waals surface area (Å²) in [5.41, 5.74) is 13.7. The molecule has 0 saturated carbocycles. The molecule has 7 rings (SSSR count). The zero-order chi connectivity index (χ0) is 71.9. The number of rotatable bonds is 36. The van der Waals surface area contributed by atoms with Crippen LogP contribution in [0.15, 0.2) is 115 Å². The van der Waals surface area contributed by atoms with Gasteiger partial charge in [0.1, 0.15) is 60.1 Å². The van der Waals surface area contributed by atoms with Gasteiger partial charge >= 0.3 is 5.97 Å². The van der Waals surface area contributed by atoms with Crippen molar-refractivity contribution in [2.75, 3.05) is 33.3 Å². The van der Waals surface area contributed by atoms with E-state index < -0.39 is 127 Å². The summed E-state index contributed by atoms with van der Waals surface area (Å²) in [6, 6.07) is 13.1. The number of nitrogens with one attached hydrogen (secondary N) is 10. The molecule has 10 amide bonds. The highest BCUT2D eigenvalue weighted by Gasteiger charge is 2.41. The molecule has 30 nitrogen and oxygen atoms in total. The van der Waals surface area contributed by atoms with E-state index in [-0.39, 0.29) is 88.0 Å². The number of carboxylic acid groups (broad SMARTS) is 1. The maximum Gasteiger partial charge on any atom is 0.303 e. The minimum atomic E-state index is -1.84. The summed E-state index contributed by atoms with van der Waals surface area (Å²) in [5, 5.41) is 54.4. The predicted octanol–water partition coefficient (Wildman–Crippen LogP) is 0.345. The van der Waals surface area contributed by atoms with E-state index in [2.05, 4.69) is 62.5 Å². The Morgan fingerprint density at radius 1 is 0.687 bits per heavy atom. The number of hydrogen-bond acceptors (Lipinski definition) is 15. The van der Waals surface area contributed by atoms with Crippen LogP contribution in [0, 0.1) is 5.92 Å². The van der Waals surface area contributed by atoms with Crippen molar-refractivity contribution >= 4 is 92.7 Å². The number of benzene rings is 4. The third-order valence-electron chi connectivity index (χ3n) is 16.9. The van der Waals surface area contributed by atoms with Gasteiger partial charge in [0.25, 0.3) is 0 Å². The van der Waals surface area contributed by atoms with Crippen LogP contribution in [0.5, 0.6) is 5.75 Å². The topological polar surface area (TPSA) is 460 Å². The lowest BCUT2D eigenvalue weighted by Crippen LogP contribution is -2.62. The average Bonchev–Trinajstić information content (AvgIpc) is 1.82. The standard InChI is InChI=1S/C69H90N16O14/c1-6-73-65(96)57-18-12-28-85(57)68(99)51(17-11-27-74-69(70)71)78-66(97)58(29-39(2)3)84(5)67(98)55(32-42-19-22-43-13-7-8-14-44(43)30-42)82-61(92)52(31-41-20-23-47(88)24-21-41)79-64(95)56(37-86)83-62(93)53(33-45-35-75-49-16-10-9-15-48(45)49)80-63(94)54(34-46-36-72-38-76-46)81-60(91)50(77-40(4)87)25-26-59(89)90/h7-10,13-16,19-24,30,35-36,38-39,50-58,75,86,88H,6,11-12,17-18,25-29,31-34,37H2,1-5H3,(H,72,76)(H,73,96)(H,77,87)(H,78,97)(H,79,95)(H,80,94)(H,81,91)(H,82,92)(H,83,93)(H,89,90)(H4,70,71,74)/t50-,51-,52-,53-,54-,55+,56-,57-,58-/m0/s1. The smallest absolute Gasteiger partial charge is 0.303 e. The lowest BCUT2D eigenvalue weighted by Gasteiger charge is -2.34. The van der Waals surface area contributed by atoms with Crippen molar-refractivity contribution in [1.82, 2.24) is 67.3 Å². The number of aliphatic imine (C=N–C) groups is 1. The number of para-hydroxylation sites is 1. The van der Waals surface area contributed by atoms with Gasteiger partial charge in [-0.15, -0.1) is 0 Å². The second kappa shape index (κ2) is 36.4. The Morgan fingerprint density at radius 2 is 1.28 bits per heavy atom. The van der Waals surface area contributed by atoms with E-state index in [1.54, 1.807) is 43.5 Å². The van der Waals surface area contributed by atoms with Crippen LogP contribution in [0.25, 0.3) is 21.7 Å². The molecule has 2 aromatic heterocycles. The van der Waals surface area contributed by atoms with Gasteiger partial charge in [-0.1, -0.05) is 86.6 Å². The van der Waals surface area contributed by atoms with E-state index in [1.165, 1.54) is 53.6 Å². The number of likely N-dealkylation sites (N-methyl/N-ethyl adjacent to an activating group) is 2. The molecule has 1 fully saturated rings. The average molecular weight is 1370 g/mol. The highest BCUT2D eigenvalue weighted by molar-refractivity contribution is 5.99. The van der Waals surface area contributed by atoms with Gasteiger partial charge in [-0.2, -0.15) is 0 Å². The summed E-state index contributed by atoms with van der Waals surface area (Å²) < 4.78 is 0. The molecule has 0 unspecified atom stereocenters. The van der Waals surface area contributed by atoms with Crippen LogP contribution in [0.1, 0.15) is 95.0 Å². The first-order chi connectivity index (χ1) is 47.3. The molecular weight excluding hydrogens is 1280 g/mol. The zero-order valence-electron chi connectivity index (χ0n) is 56.0. The number of aliphatic carboxylic acids is 1. The Morgan fingerprint density at radius 3 is 1.92 bits per heavy atom. The van der Waals surface area contributed by atoms with Crippen LogP contribution in [0.4, 0.5) is 0 Å². The Balaban J connectivity index is 1.19. The third kappa shape index (κ3) is 22.1. The molecule has 0 bridgehead atoms. The lowest BCUT2D eigenvalue weighted by molar-refractivity contribution is -0.145. The number of phenolic OH excluding ortho intramolecular Hbond substituents is 1. The first-order valence-electron chi connectivity index (χ1n) is 32.9. The van der Waals surface area contributed by atoms with Gasteiger partial charge < -0.3 is 89.1 Å². The normalized spacial score (nSPS) is 15.2. The van der Waals surface area contributed by atoms with E-state index >= 15 is 9.59 Å². The molecule has 30 heteroatoms. The van der Waals surface area contributed by atoms with Gasteiger partial charge in [-0.25, -0.2) is 4.98 Å². The molecule has 0 spiro atoms.